The molecule has 0 amide bonds. The van der Waals surface area contributed by atoms with Gasteiger partial charge in [0.2, 0.25) is 0 Å². The topological polar surface area (TPSA) is 30.9 Å². The van der Waals surface area contributed by atoms with Gasteiger partial charge >= 0.3 is 0 Å². The van der Waals surface area contributed by atoms with Crippen LogP contribution in [0.4, 0.5) is 8.78 Å². The van der Waals surface area contributed by atoms with Gasteiger partial charge in [-0.2, -0.15) is 0 Å². The van der Waals surface area contributed by atoms with Crippen LogP contribution >= 0.6 is 0 Å². The van der Waals surface area contributed by atoms with Crippen molar-refractivity contribution in [3.05, 3.63) is 71.4 Å². The maximum Gasteiger partial charge on any atom is 0.126 e. The van der Waals surface area contributed by atoms with E-state index in [-0.39, 0.29) is 0 Å². The van der Waals surface area contributed by atoms with Crippen LogP contribution < -0.4 is 5.73 Å². The van der Waals surface area contributed by atoms with E-state index in [1.807, 2.05) is 35.0 Å². The highest BCUT2D eigenvalue weighted by Crippen LogP contribution is 2.23. The minimum absolute atomic E-state index is 0.430. The van der Waals surface area contributed by atoms with Crippen molar-refractivity contribution in [1.29, 1.82) is 0 Å². The third-order valence-electron chi connectivity index (χ3n) is 3.56. The molecule has 0 aliphatic rings. The second kappa shape index (κ2) is 5.66. The number of hydrogen-bond acceptors (Lipinski definition) is 1. The van der Waals surface area contributed by atoms with E-state index >= 15 is 0 Å². The third kappa shape index (κ3) is 2.81. The van der Waals surface area contributed by atoms with E-state index in [1.54, 1.807) is 0 Å². The van der Waals surface area contributed by atoms with Gasteiger partial charge in [0.15, 0.2) is 0 Å². The first-order valence-corrected chi connectivity index (χ1v) is 6.89. The van der Waals surface area contributed by atoms with Gasteiger partial charge in [0, 0.05) is 29.7 Å². The van der Waals surface area contributed by atoms with Crippen LogP contribution in [0.25, 0.3) is 10.9 Å². The van der Waals surface area contributed by atoms with E-state index < -0.39 is 11.6 Å². The molecule has 0 saturated heterocycles. The van der Waals surface area contributed by atoms with Gasteiger partial charge in [-0.15, -0.1) is 0 Å². The third-order valence-corrected chi connectivity index (χ3v) is 3.56. The highest BCUT2D eigenvalue weighted by molar-refractivity contribution is 5.84. The Bertz CT molecular complexity index is 757. The Morgan fingerprint density at radius 1 is 1.00 bits per heavy atom. The number of nitrogens with zero attached hydrogens (tertiary/aromatic N) is 1. The van der Waals surface area contributed by atoms with Gasteiger partial charge in [-0.3, -0.25) is 0 Å². The molecule has 0 atom stereocenters. The molecule has 2 N–H and O–H groups in total. The first-order valence-electron chi connectivity index (χ1n) is 6.89. The van der Waals surface area contributed by atoms with Crippen molar-refractivity contribution < 1.29 is 8.78 Å². The number of hydrogen-bond donors (Lipinski definition) is 1. The molecular formula is C17H16F2N2. The van der Waals surface area contributed by atoms with Crippen LogP contribution in [0.15, 0.2) is 48.7 Å². The second-order valence-electron chi connectivity index (χ2n) is 5.12. The van der Waals surface area contributed by atoms with Crippen molar-refractivity contribution in [1.82, 2.24) is 4.57 Å². The number of para-hydroxylation sites is 1. The number of fused-ring (bicyclic) bond motifs is 1. The van der Waals surface area contributed by atoms with Crippen molar-refractivity contribution in [3.8, 4) is 0 Å². The first kappa shape index (κ1) is 13.8. The Morgan fingerprint density at radius 3 is 2.43 bits per heavy atom. The van der Waals surface area contributed by atoms with E-state index in [1.165, 1.54) is 12.1 Å². The average Bonchev–Trinajstić information content (AvgIpc) is 2.77. The molecule has 4 heteroatoms. The van der Waals surface area contributed by atoms with Crippen molar-refractivity contribution in [2.75, 3.05) is 6.54 Å². The summed E-state index contributed by atoms with van der Waals surface area (Å²) in [6, 6.07) is 11.6. The zero-order chi connectivity index (χ0) is 14.8. The Balaban J connectivity index is 2.04. The molecule has 0 spiro atoms. The van der Waals surface area contributed by atoms with Gasteiger partial charge in [-0.1, -0.05) is 18.2 Å². The minimum Gasteiger partial charge on any atom is -0.343 e. The van der Waals surface area contributed by atoms with Crippen LogP contribution in [-0.2, 0) is 13.0 Å². The van der Waals surface area contributed by atoms with Gasteiger partial charge in [0.05, 0.1) is 0 Å². The lowest BCUT2D eigenvalue weighted by molar-refractivity contribution is 0.578. The molecule has 1 aromatic heterocycles. The summed E-state index contributed by atoms with van der Waals surface area (Å²) in [5.41, 5.74) is 8.45. The Hall–Kier alpha value is -2.20. The van der Waals surface area contributed by atoms with Gasteiger partial charge in [-0.25, -0.2) is 8.78 Å². The lowest BCUT2D eigenvalue weighted by Crippen LogP contribution is -2.02. The SMILES string of the molecule is NCCc1cn(Cc2cc(F)cc(F)c2)c2ccccc12. The fourth-order valence-electron chi connectivity index (χ4n) is 2.71. The van der Waals surface area contributed by atoms with Gasteiger partial charge in [0.1, 0.15) is 11.6 Å². The largest absolute Gasteiger partial charge is 0.343 e. The normalized spacial score (nSPS) is 11.2. The quantitative estimate of drug-likeness (QED) is 0.782. The standard InChI is InChI=1S/C17H16F2N2/c18-14-7-12(8-15(19)9-14)10-21-11-13(5-6-20)16-3-1-2-4-17(16)21/h1-4,7-9,11H,5-6,10,20H2. The zero-order valence-electron chi connectivity index (χ0n) is 11.5. The maximum atomic E-state index is 13.3. The molecule has 0 bridgehead atoms. The lowest BCUT2D eigenvalue weighted by atomic mass is 10.1. The molecule has 3 rings (SSSR count). The molecule has 0 aliphatic heterocycles. The summed E-state index contributed by atoms with van der Waals surface area (Å²) in [7, 11) is 0. The fourth-order valence-corrected chi connectivity index (χ4v) is 2.71. The number of nitrogens with two attached hydrogens (primary N) is 1. The molecule has 3 aromatic rings. The maximum absolute atomic E-state index is 13.3. The Morgan fingerprint density at radius 2 is 1.71 bits per heavy atom. The molecule has 1 heterocycles. The van der Waals surface area contributed by atoms with Gasteiger partial charge in [-0.05, 0) is 42.3 Å². The molecule has 0 unspecified atom stereocenters. The molecule has 0 saturated carbocycles. The monoisotopic (exact) mass is 286 g/mol. The molecule has 2 aromatic carbocycles. The average molecular weight is 286 g/mol. The number of aromatic nitrogens is 1. The van der Waals surface area contributed by atoms with Gasteiger partial charge in [0.25, 0.3) is 0 Å². The highest BCUT2D eigenvalue weighted by atomic mass is 19.1. The summed E-state index contributed by atoms with van der Waals surface area (Å²) in [4.78, 5) is 0. The van der Waals surface area contributed by atoms with E-state index in [4.69, 9.17) is 5.73 Å². The van der Waals surface area contributed by atoms with Crippen LogP contribution in [0, 0.1) is 11.6 Å². The lowest BCUT2D eigenvalue weighted by Gasteiger charge is -2.06. The molecule has 0 radical (unpaired) electrons. The number of benzene rings is 2. The van der Waals surface area contributed by atoms with E-state index in [9.17, 15) is 8.78 Å². The van der Waals surface area contributed by atoms with Crippen LogP contribution in [0.2, 0.25) is 0 Å². The van der Waals surface area contributed by atoms with Crippen molar-refractivity contribution >= 4 is 10.9 Å². The van der Waals surface area contributed by atoms with E-state index in [0.29, 0.717) is 18.7 Å². The van der Waals surface area contributed by atoms with Crippen molar-refractivity contribution in [2.45, 2.75) is 13.0 Å². The summed E-state index contributed by atoms with van der Waals surface area (Å²) in [5, 5.41) is 1.14. The molecular weight excluding hydrogens is 270 g/mol. The molecule has 2 nitrogen and oxygen atoms in total. The molecule has 0 aliphatic carbocycles. The molecule has 0 fully saturated rings. The predicted molar refractivity (Wildman–Crippen MR) is 80.2 cm³/mol. The second-order valence-corrected chi connectivity index (χ2v) is 5.12. The van der Waals surface area contributed by atoms with E-state index in [2.05, 4.69) is 0 Å². The zero-order valence-corrected chi connectivity index (χ0v) is 11.5. The number of rotatable bonds is 4. The van der Waals surface area contributed by atoms with Gasteiger partial charge < -0.3 is 10.3 Å². The summed E-state index contributed by atoms with van der Waals surface area (Å²) in [5.74, 6) is -1.10. The van der Waals surface area contributed by atoms with Crippen molar-refractivity contribution in [3.63, 3.8) is 0 Å². The van der Waals surface area contributed by atoms with Crippen molar-refractivity contribution in [2.24, 2.45) is 5.73 Å². The first-order chi connectivity index (χ1) is 10.2. The molecule has 108 valence electrons. The summed E-state index contributed by atoms with van der Waals surface area (Å²) >= 11 is 0. The minimum atomic E-state index is -0.552. The highest BCUT2D eigenvalue weighted by Gasteiger charge is 2.09. The van der Waals surface area contributed by atoms with Crippen LogP contribution in [-0.4, -0.2) is 11.1 Å². The smallest absolute Gasteiger partial charge is 0.126 e. The summed E-state index contributed by atoms with van der Waals surface area (Å²) in [6.07, 6.45) is 2.80. The van der Waals surface area contributed by atoms with Crippen LogP contribution in [0.5, 0.6) is 0 Å². The number of halogens is 2. The summed E-state index contributed by atoms with van der Waals surface area (Å²) < 4.78 is 28.6. The molecule has 21 heavy (non-hydrogen) atoms. The van der Waals surface area contributed by atoms with E-state index in [0.717, 1.165) is 29.0 Å². The van der Waals surface area contributed by atoms with Crippen LogP contribution in [0.1, 0.15) is 11.1 Å². The Labute approximate surface area is 121 Å². The van der Waals surface area contributed by atoms with Crippen LogP contribution in [0.3, 0.4) is 0 Å². The predicted octanol–water partition coefficient (Wildman–Crippen LogP) is 3.47. The fraction of sp³-hybridized carbons (Fsp3) is 0.176. The summed E-state index contributed by atoms with van der Waals surface area (Å²) in [6.45, 7) is 1.00. The Kier molecular flexibility index (Phi) is 3.71.